The average Bonchev–Trinajstić information content (AvgIpc) is 2.28. The highest BCUT2D eigenvalue weighted by Gasteiger charge is 2.42. The molecule has 1 aliphatic carbocycles. The Morgan fingerprint density at radius 2 is 1.94 bits per heavy atom. The van der Waals surface area contributed by atoms with Gasteiger partial charge in [0.15, 0.2) is 0 Å². The standard InChI is InChI=1S/C15H26O2/c1-6-10(3)15(16)13-9-8-12(13)11(4)14(7-2)17-5/h1,10-16H,7-9H2,2-5H3. The van der Waals surface area contributed by atoms with E-state index >= 15 is 0 Å². The molecule has 1 rings (SSSR count). The molecule has 1 aliphatic rings. The van der Waals surface area contributed by atoms with Gasteiger partial charge in [-0.15, -0.1) is 12.3 Å². The first-order valence-electron chi connectivity index (χ1n) is 6.73. The first-order valence-corrected chi connectivity index (χ1v) is 6.73. The third-order valence-corrected chi connectivity index (χ3v) is 4.56. The van der Waals surface area contributed by atoms with E-state index in [1.165, 1.54) is 6.42 Å². The third kappa shape index (κ3) is 3.03. The number of aliphatic hydroxyl groups excluding tert-OH is 1. The zero-order chi connectivity index (χ0) is 13.0. The van der Waals surface area contributed by atoms with Crippen LogP contribution in [0.25, 0.3) is 0 Å². The molecule has 0 amide bonds. The lowest BCUT2D eigenvalue weighted by atomic mass is 9.62. The molecule has 0 radical (unpaired) electrons. The summed E-state index contributed by atoms with van der Waals surface area (Å²) in [6.45, 7) is 6.32. The summed E-state index contributed by atoms with van der Waals surface area (Å²) in [5.74, 6) is 4.03. The lowest BCUT2D eigenvalue weighted by Gasteiger charge is -2.46. The van der Waals surface area contributed by atoms with Crippen LogP contribution in [0, 0.1) is 36.0 Å². The number of methoxy groups -OCH3 is 1. The van der Waals surface area contributed by atoms with Gasteiger partial charge in [-0.25, -0.2) is 0 Å². The van der Waals surface area contributed by atoms with Crippen LogP contribution in [0.15, 0.2) is 0 Å². The molecule has 98 valence electrons. The molecule has 0 spiro atoms. The van der Waals surface area contributed by atoms with Gasteiger partial charge in [0, 0.05) is 13.0 Å². The predicted molar refractivity (Wildman–Crippen MR) is 70.5 cm³/mol. The Morgan fingerprint density at radius 1 is 1.35 bits per heavy atom. The van der Waals surface area contributed by atoms with Crippen molar-refractivity contribution in [3.8, 4) is 12.3 Å². The lowest BCUT2D eigenvalue weighted by molar-refractivity contribution is -0.0651. The van der Waals surface area contributed by atoms with Crippen molar-refractivity contribution in [2.75, 3.05) is 7.11 Å². The van der Waals surface area contributed by atoms with Gasteiger partial charge in [0.25, 0.3) is 0 Å². The van der Waals surface area contributed by atoms with Crippen LogP contribution >= 0.6 is 0 Å². The van der Waals surface area contributed by atoms with Crippen molar-refractivity contribution in [3.05, 3.63) is 0 Å². The highest BCUT2D eigenvalue weighted by atomic mass is 16.5. The minimum Gasteiger partial charge on any atom is -0.392 e. The Morgan fingerprint density at radius 3 is 2.29 bits per heavy atom. The van der Waals surface area contributed by atoms with Crippen LogP contribution in [0.4, 0.5) is 0 Å². The van der Waals surface area contributed by atoms with E-state index in [0.29, 0.717) is 23.9 Å². The molecule has 0 heterocycles. The first kappa shape index (κ1) is 14.5. The molecule has 6 unspecified atom stereocenters. The minimum absolute atomic E-state index is 0.0439. The molecule has 0 aromatic rings. The SMILES string of the molecule is C#CC(C)C(O)C1CCC1C(C)C(CC)OC. The van der Waals surface area contributed by atoms with Gasteiger partial charge in [-0.05, 0) is 43.9 Å². The smallest absolute Gasteiger partial charge is 0.0705 e. The van der Waals surface area contributed by atoms with E-state index < -0.39 is 0 Å². The number of hydrogen-bond donors (Lipinski definition) is 1. The predicted octanol–water partition coefficient (Wildman–Crippen LogP) is 2.70. The maximum Gasteiger partial charge on any atom is 0.0705 e. The fourth-order valence-electron chi connectivity index (χ4n) is 3.13. The second-order valence-electron chi connectivity index (χ2n) is 5.39. The van der Waals surface area contributed by atoms with Crippen LogP contribution in [0.5, 0.6) is 0 Å². The molecular formula is C15H26O2. The molecule has 0 bridgehead atoms. The van der Waals surface area contributed by atoms with Crippen LogP contribution in [-0.2, 0) is 4.74 Å². The van der Waals surface area contributed by atoms with Gasteiger partial charge >= 0.3 is 0 Å². The van der Waals surface area contributed by atoms with E-state index in [2.05, 4.69) is 19.8 Å². The van der Waals surface area contributed by atoms with Crippen LogP contribution in [0.2, 0.25) is 0 Å². The van der Waals surface area contributed by atoms with Crippen molar-refractivity contribution >= 4 is 0 Å². The molecule has 0 aromatic carbocycles. The highest BCUT2D eigenvalue weighted by Crippen LogP contribution is 2.45. The summed E-state index contributed by atoms with van der Waals surface area (Å²) in [5, 5.41) is 10.2. The Labute approximate surface area is 106 Å². The van der Waals surface area contributed by atoms with Gasteiger partial charge in [0.2, 0.25) is 0 Å². The lowest BCUT2D eigenvalue weighted by Crippen LogP contribution is -2.45. The Hall–Kier alpha value is -0.520. The van der Waals surface area contributed by atoms with Crippen LogP contribution in [0.3, 0.4) is 0 Å². The van der Waals surface area contributed by atoms with E-state index in [0.717, 1.165) is 12.8 Å². The van der Waals surface area contributed by atoms with Crippen molar-refractivity contribution in [1.82, 2.24) is 0 Å². The van der Waals surface area contributed by atoms with Crippen LogP contribution in [0.1, 0.15) is 40.0 Å². The fraction of sp³-hybridized carbons (Fsp3) is 0.867. The number of ether oxygens (including phenoxy) is 1. The van der Waals surface area contributed by atoms with Crippen molar-refractivity contribution in [2.24, 2.45) is 23.7 Å². The van der Waals surface area contributed by atoms with E-state index in [4.69, 9.17) is 11.2 Å². The fourth-order valence-corrected chi connectivity index (χ4v) is 3.13. The van der Waals surface area contributed by atoms with Crippen molar-refractivity contribution in [2.45, 2.75) is 52.2 Å². The second kappa shape index (κ2) is 6.42. The normalized spacial score (nSPS) is 30.8. The summed E-state index contributed by atoms with van der Waals surface area (Å²) in [5.41, 5.74) is 0. The summed E-state index contributed by atoms with van der Waals surface area (Å²) >= 11 is 0. The molecule has 1 N–H and O–H groups in total. The molecule has 2 heteroatoms. The van der Waals surface area contributed by atoms with Gasteiger partial charge in [0.1, 0.15) is 0 Å². The second-order valence-corrected chi connectivity index (χ2v) is 5.39. The zero-order valence-corrected chi connectivity index (χ0v) is 11.5. The van der Waals surface area contributed by atoms with Crippen molar-refractivity contribution < 1.29 is 9.84 Å². The largest absolute Gasteiger partial charge is 0.392 e. The number of aliphatic hydroxyl groups is 1. The molecule has 2 nitrogen and oxygen atoms in total. The van der Waals surface area contributed by atoms with Crippen LogP contribution in [-0.4, -0.2) is 24.4 Å². The summed E-state index contributed by atoms with van der Waals surface area (Å²) < 4.78 is 5.51. The molecule has 1 fully saturated rings. The molecule has 0 aromatic heterocycles. The molecule has 6 atom stereocenters. The van der Waals surface area contributed by atoms with E-state index in [1.807, 2.05) is 6.92 Å². The Bertz CT molecular complexity index is 265. The Kier molecular flexibility index (Phi) is 5.49. The van der Waals surface area contributed by atoms with E-state index in [-0.39, 0.29) is 12.0 Å². The van der Waals surface area contributed by atoms with Crippen molar-refractivity contribution in [1.29, 1.82) is 0 Å². The molecule has 1 saturated carbocycles. The van der Waals surface area contributed by atoms with Gasteiger partial charge < -0.3 is 9.84 Å². The van der Waals surface area contributed by atoms with Gasteiger partial charge in [-0.3, -0.25) is 0 Å². The summed E-state index contributed by atoms with van der Waals surface area (Å²) in [6, 6.07) is 0. The number of hydrogen-bond acceptors (Lipinski definition) is 2. The average molecular weight is 238 g/mol. The topological polar surface area (TPSA) is 29.5 Å². The molecule has 0 saturated heterocycles. The van der Waals surface area contributed by atoms with E-state index in [9.17, 15) is 5.11 Å². The monoisotopic (exact) mass is 238 g/mol. The summed E-state index contributed by atoms with van der Waals surface area (Å²) in [7, 11) is 1.78. The first-order chi connectivity index (χ1) is 8.06. The zero-order valence-electron chi connectivity index (χ0n) is 11.5. The molecular weight excluding hydrogens is 212 g/mol. The maximum absolute atomic E-state index is 10.2. The van der Waals surface area contributed by atoms with Crippen molar-refractivity contribution in [3.63, 3.8) is 0 Å². The highest BCUT2D eigenvalue weighted by molar-refractivity contribution is 5.00. The Balaban J connectivity index is 2.59. The molecule has 0 aliphatic heterocycles. The van der Waals surface area contributed by atoms with E-state index in [1.54, 1.807) is 7.11 Å². The molecule has 17 heavy (non-hydrogen) atoms. The minimum atomic E-state index is -0.351. The summed E-state index contributed by atoms with van der Waals surface area (Å²) in [4.78, 5) is 0. The number of rotatable bonds is 6. The number of terminal acetylenes is 1. The quantitative estimate of drug-likeness (QED) is 0.721. The summed E-state index contributed by atoms with van der Waals surface area (Å²) in [6.07, 6.45) is 8.66. The van der Waals surface area contributed by atoms with Crippen LogP contribution < -0.4 is 0 Å². The maximum atomic E-state index is 10.2. The van der Waals surface area contributed by atoms with Gasteiger partial charge in [-0.2, -0.15) is 0 Å². The third-order valence-electron chi connectivity index (χ3n) is 4.56. The van der Waals surface area contributed by atoms with Gasteiger partial charge in [-0.1, -0.05) is 13.8 Å². The van der Waals surface area contributed by atoms with Gasteiger partial charge in [0.05, 0.1) is 12.2 Å².